The Morgan fingerprint density at radius 2 is 1.41 bits per heavy atom. The summed E-state index contributed by atoms with van der Waals surface area (Å²) in [5.74, 6) is 2.11. The molecule has 4 heteroatoms. The molecule has 1 amide bonds. The minimum absolute atomic E-state index is 0.233. The molecule has 4 nitrogen and oxygen atoms in total. The van der Waals surface area contributed by atoms with Gasteiger partial charge in [0.2, 0.25) is 5.91 Å². The van der Waals surface area contributed by atoms with Crippen LogP contribution in [-0.2, 0) is 4.79 Å². The van der Waals surface area contributed by atoms with Crippen molar-refractivity contribution < 1.29 is 4.79 Å². The number of hydrogen-bond donors (Lipinski definition) is 0. The number of benzene rings is 1. The van der Waals surface area contributed by atoms with Crippen molar-refractivity contribution in [2.75, 3.05) is 37.6 Å². The highest BCUT2D eigenvalue weighted by Gasteiger charge is 2.58. The summed E-state index contributed by atoms with van der Waals surface area (Å²) in [4.78, 5) is 20.9. The molecule has 3 heterocycles. The number of anilines is 1. The Labute approximate surface area is 207 Å². The molecule has 0 radical (unpaired) electrons. The summed E-state index contributed by atoms with van der Waals surface area (Å²) >= 11 is 0. The van der Waals surface area contributed by atoms with Crippen LogP contribution >= 0.6 is 0 Å². The summed E-state index contributed by atoms with van der Waals surface area (Å²) in [6.45, 7) is 5.62. The zero-order valence-electron chi connectivity index (χ0n) is 21.2. The number of likely N-dealkylation sites (tertiary alicyclic amines) is 2. The minimum Gasteiger partial charge on any atom is -0.365 e. The van der Waals surface area contributed by atoms with Gasteiger partial charge in [-0.05, 0) is 50.7 Å². The van der Waals surface area contributed by atoms with Gasteiger partial charge >= 0.3 is 0 Å². The fourth-order valence-electron chi connectivity index (χ4n) is 8.09. The second kappa shape index (κ2) is 9.84. The molecule has 0 N–H and O–H groups in total. The van der Waals surface area contributed by atoms with Gasteiger partial charge in [-0.25, -0.2) is 0 Å². The average Bonchev–Trinajstić information content (AvgIpc) is 3.58. The van der Waals surface area contributed by atoms with E-state index >= 15 is 0 Å². The van der Waals surface area contributed by atoms with Gasteiger partial charge in [0.25, 0.3) is 0 Å². The van der Waals surface area contributed by atoms with Crippen LogP contribution in [0.25, 0.3) is 0 Å². The van der Waals surface area contributed by atoms with E-state index in [-0.39, 0.29) is 5.54 Å². The zero-order chi connectivity index (χ0) is 23.0. The summed E-state index contributed by atoms with van der Waals surface area (Å²) in [6, 6.07) is 12.0. The highest BCUT2D eigenvalue weighted by atomic mass is 16.2. The third-order valence-electron chi connectivity index (χ3n) is 10.1. The Morgan fingerprint density at radius 3 is 2.06 bits per heavy atom. The van der Waals surface area contributed by atoms with Crippen LogP contribution in [0, 0.1) is 17.8 Å². The van der Waals surface area contributed by atoms with Crippen molar-refractivity contribution in [2.45, 2.75) is 95.1 Å². The number of carbonyl (C=O) groups excluding carboxylic acids is 1. The number of piperidine rings is 1. The number of hydrogen-bond acceptors (Lipinski definition) is 3. The van der Waals surface area contributed by atoms with E-state index < -0.39 is 0 Å². The quantitative estimate of drug-likeness (QED) is 0.574. The van der Waals surface area contributed by atoms with E-state index in [0.717, 1.165) is 38.5 Å². The molecule has 1 aromatic rings. The lowest BCUT2D eigenvalue weighted by atomic mass is 9.74. The Balaban J connectivity index is 1.19. The number of para-hydroxylation sites is 1. The number of carbonyl (C=O) groups is 1. The first-order valence-corrected chi connectivity index (χ1v) is 14.6. The molecule has 5 aliphatic rings. The first-order valence-electron chi connectivity index (χ1n) is 14.6. The molecular formula is C30H45N3O. The van der Waals surface area contributed by atoms with Gasteiger partial charge in [0.1, 0.15) is 0 Å². The summed E-state index contributed by atoms with van der Waals surface area (Å²) in [5, 5.41) is 0. The molecule has 34 heavy (non-hydrogen) atoms. The van der Waals surface area contributed by atoms with E-state index in [1.165, 1.54) is 89.4 Å². The van der Waals surface area contributed by atoms with Crippen molar-refractivity contribution in [3.8, 4) is 0 Å². The van der Waals surface area contributed by atoms with Crippen molar-refractivity contribution in [1.82, 2.24) is 9.80 Å². The van der Waals surface area contributed by atoms with Gasteiger partial charge in [0.05, 0.1) is 0 Å². The van der Waals surface area contributed by atoms with E-state index in [1.807, 2.05) is 0 Å². The third kappa shape index (κ3) is 4.40. The highest BCUT2D eigenvalue weighted by Crippen LogP contribution is 2.51. The van der Waals surface area contributed by atoms with Crippen molar-refractivity contribution in [3.63, 3.8) is 0 Å². The van der Waals surface area contributed by atoms with Crippen LogP contribution in [-0.4, -0.2) is 60.0 Å². The zero-order valence-corrected chi connectivity index (χ0v) is 21.2. The van der Waals surface area contributed by atoms with Gasteiger partial charge in [0.15, 0.2) is 0 Å². The van der Waals surface area contributed by atoms with Gasteiger partial charge in [-0.2, -0.15) is 0 Å². The predicted molar refractivity (Wildman–Crippen MR) is 139 cm³/mol. The molecule has 3 saturated heterocycles. The lowest BCUT2D eigenvalue weighted by Crippen LogP contribution is -2.58. The molecule has 0 bridgehead atoms. The van der Waals surface area contributed by atoms with Gasteiger partial charge < -0.3 is 14.7 Å². The number of rotatable bonds is 3. The van der Waals surface area contributed by atoms with E-state index in [0.29, 0.717) is 23.7 Å². The van der Waals surface area contributed by atoms with Crippen LogP contribution in [0.2, 0.25) is 0 Å². The van der Waals surface area contributed by atoms with Gasteiger partial charge in [-0.15, -0.1) is 0 Å². The second-order valence-corrected chi connectivity index (χ2v) is 12.2. The molecule has 1 aromatic carbocycles. The Morgan fingerprint density at radius 1 is 0.765 bits per heavy atom. The van der Waals surface area contributed by atoms with Gasteiger partial charge in [-0.1, -0.05) is 63.1 Å². The average molecular weight is 464 g/mol. The van der Waals surface area contributed by atoms with Crippen LogP contribution in [0.15, 0.2) is 30.3 Å². The molecular weight excluding hydrogens is 418 g/mol. The monoisotopic (exact) mass is 463 g/mol. The molecule has 2 saturated carbocycles. The van der Waals surface area contributed by atoms with Crippen LogP contribution < -0.4 is 4.90 Å². The molecule has 2 atom stereocenters. The molecule has 3 aliphatic heterocycles. The number of amides is 1. The van der Waals surface area contributed by atoms with E-state index in [1.54, 1.807) is 0 Å². The summed E-state index contributed by atoms with van der Waals surface area (Å²) in [5.41, 5.74) is 1.64. The van der Waals surface area contributed by atoms with Crippen LogP contribution in [0.1, 0.15) is 83.5 Å². The molecule has 2 aliphatic carbocycles. The number of fused-ring (bicyclic) bond motifs is 2. The lowest BCUT2D eigenvalue weighted by Gasteiger charge is -2.50. The third-order valence-corrected chi connectivity index (χ3v) is 10.1. The van der Waals surface area contributed by atoms with Crippen molar-refractivity contribution in [3.05, 3.63) is 30.3 Å². The van der Waals surface area contributed by atoms with E-state index in [9.17, 15) is 4.79 Å². The maximum Gasteiger partial charge on any atom is 0.225 e. The molecule has 5 fully saturated rings. The lowest BCUT2D eigenvalue weighted by molar-refractivity contribution is -0.131. The van der Waals surface area contributed by atoms with Crippen LogP contribution in [0.4, 0.5) is 5.69 Å². The van der Waals surface area contributed by atoms with Crippen molar-refractivity contribution >= 4 is 11.6 Å². The summed E-state index contributed by atoms with van der Waals surface area (Å²) in [6.07, 6.45) is 17.7. The molecule has 186 valence electrons. The van der Waals surface area contributed by atoms with Crippen molar-refractivity contribution in [2.24, 2.45) is 17.8 Å². The second-order valence-electron chi connectivity index (χ2n) is 12.2. The molecule has 1 spiro atoms. The maximum atomic E-state index is 12.9. The molecule has 6 rings (SSSR count). The first-order chi connectivity index (χ1) is 16.7. The van der Waals surface area contributed by atoms with E-state index in [4.69, 9.17) is 0 Å². The molecule has 2 unspecified atom stereocenters. The fourth-order valence-corrected chi connectivity index (χ4v) is 8.09. The van der Waals surface area contributed by atoms with Crippen molar-refractivity contribution in [1.29, 1.82) is 0 Å². The van der Waals surface area contributed by atoms with E-state index in [2.05, 4.69) is 45.0 Å². The number of nitrogens with zero attached hydrogens (tertiary/aromatic N) is 3. The normalized spacial score (nSPS) is 31.1. The van der Waals surface area contributed by atoms with Crippen LogP contribution in [0.3, 0.4) is 0 Å². The topological polar surface area (TPSA) is 26.8 Å². The highest BCUT2D eigenvalue weighted by molar-refractivity contribution is 5.81. The predicted octanol–water partition coefficient (Wildman–Crippen LogP) is 5.72. The Bertz CT molecular complexity index is 819. The fraction of sp³-hybridized carbons (Fsp3) is 0.767. The smallest absolute Gasteiger partial charge is 0.225 e. The Hall–Kier alpha value is -1.55. The van der Waals surface area contributed by atoms with Gasteiger partial charge in [-0.3, -0.25) is 4.79 Å². The molecule has 0 aromatic heterocycles. The Kier molecular flexibility index (Phi) is 6.62. The summed E-state index contributed by atoms with van der Waals surface area (Å²) in [7, 11) is 0. The van der Waals surface area contributed by atoms with Gasteiger partial charge in [0, 0.05) is 67.7 Å². The largest absolute Gasteiger partial charge is 0.365 e. The first kappa shape index (κ1) is 22.9. The maximum absolute atomic E-state index is 12.9. The van der Waals surface area contributed by atoms with Crippen LogP contribution in [0.5, 0.6) is 0 Å². The standard InChI is InChI=1S/C30H45N3O/c34-29(24-15-16-24)32-21-25-22-33(27-13-9-6-10-14-27)30(28(25)23-32)17-19-31(20-18-30)26-11-7-4-2-1-3-5-8-12-26/h6,9-10,13-14,24-26,28H,1-5,7-8,11-12,15-23H2. The summed E-state index contributed by atoms with van der Waals surface area (Å²) < 4.78 is 0. The SMILES string of the molecule is O=C(C1CC1)N1CC2CN(c3ccccc3)C3(CCN(C4CCCCCCCCC4)CC3)C2C1. The minimum atomic E-state index is 0.233.